The first-order valence-electron chi connectivity index (χ1n) is 17.6. The lowest BCUT2D eigenvalue weighted by Crippen LogP contribution is -2.59. The number of nitrogens with zero attached hydrogens (tertiary/aromatic N) is 1. The Labute approximate surface area is 313 Å². The zero-order valence-corrected chi connectivity index (χ0v) is 30.6. The molecule has 0 bridgehead atoms. The Kier molecular flexibility index (Phi) is 16.2. The van der Waals surface area contributed by atoms with E-state index in [0.29, 0.717) is 12.0 Å². The van der Waals surface area contributed by atoms with Gasteiger partial charge in [0.15, 0.2) is 12.1 Å². The van der Waals surface area contributed by atoms with E-state index >= 15 is 0 Å². The van der Waals surface area contributed by atoms with Crippen LogP contribution in [0.15, 0.2) is 71.2 Å². The van der Waals surface area contributed by atoms with E-state index in [9.17, 15) is 39.3 Å². The number of phenols is 1. The molecule has 0 fully saturated rings. The van der Waals surface area contributed by atoms with Crippen LogP contribution in [0.1, 0.15) is 67.9 Å². The van der Waals surface area contributed by atoms with Gasteiger partial charge in [-0.3, -0.25) is 24.2 Å². The number of aliphatic imine (C=N–C) groups is 1. The number of aliphatic hydroxyl groups is 2. The van der Waals surface area contributed by atoms with Crippen molar-refractivity contribution in [2.24, 2.45) is 28.1 Å². The van der Waals surface area contributed by atoms with Gasteiger partial charge in [0.05, 0.1) is 18.5 Å². The number of nitrogens with one attached hydrogen (secondary N) is 3. The number of nitrogens with two attached hydrogens (primary N) is 3. The molecule has 0 saturated carbocycles. The van der Waals surface area contributed by atoms with Gasteiger partial charge in [-0.05, 0) is 49.3 Å². The number of carbonyl (C=O) groups is 5. The first kappa shape index (κ1) is 42.7. The highest BCUT2D eigenvalue weighted by atomic mass is 16.5. The fraction of sp³-hybridized carbons (Fsp3) is 0.421. The second kappa shape index (κ2) is 20.5. The van der Waals surface area contributed by atoms with Crippen LogP contribution in [0.5, 0.6) is 5.75 Å². The topological polar surface area (TPSA) is 282 Å². The molecule has 0 spiro atoms. The molecule has 4 amide bonds. The number of esters is 1. The Morgan fingerprint density at radius 2 is 1.69 bits per heavy atom. The van der Waals surface area contributed by atoms with E-state index in [0.717, 1.165) is 5.56 Å². The van der Waals surface area contributed by atoms with Crippen molar-refractivity contribution in [3.63, 3.8) is 0 Å². The predicted molar refractivity (Wildman–Crippen MR) is 201 cm³/mol. The Morgan fingerprint density at radius 1 is 0.981 bits per heavy atom. The molecule has 2 aromatic rings. The minimum absolute atomic E-state index is 0.0000188. The number of benzene rings is 2. The van der Waals surface area contributed by atoms with Crippen molar-refractivity contribution in [3.05, 3.63) is 82.9 Å². The van der Waals surface area contributed by atoms with E-state index in [1.54, 1.807) is 24.3 Å². The van der Waals surface area contributed by atoms with Gasteiger partial charge in [-0.1, -0.05) is 74.5 Å². The third-order valence-electron chi connectivity index (χ3n) is 8.63. The molecule has 0 aromatic heterocycles. The molecular formula is C38H51N7O9. The molecule has 292 valence electrons. The third kappa shape index (κ3) is 13.0. The molecule has 12 N–H and O–H groups in total. The minimum atomic E-state index is -2.10. The summed E-state index contributed by atoms with van der Waals surface area (Å²) in [5.74, 6) is -4.69. The van der Waals surface area contributed by atoms with Gasteiger partial charge in [-0.15, -0.1) is 0 Å². The van der Waals surface area contributed by atoms with Gasteiger partial charge in [0.2, 0.25) is 17.7 Å². The van der Waals surface area contributed by atoms with Gasteiger partial charge >= 0.3 is 5.97 Å². The highest BCUT2D eigenvalue weighted by Crippen LogP contribution is 2.30. The number of phenolic OH excluding ortho intramolecular Hbond substituents is 1. The van der Waals surface area contributed by atoms with Gasteiger partial charge < -0.3 is 53.2 Å². The number of hydrogen-bond donors (Lipinski definition) is 9. The van der Waals surface area contributed by atoms with Gasteiger partial charge in [0.25, 0.3) is 5.91 Å². The number of aromatic hydroxyl groups is 1. The molecule has 3 rings (SSSR count). The number of rotatable bonds is 19. The summed E-state index contributed by atoms with van der Waals surface area (Å²) in [6.07, 6.45) is 0.101. The van der Waals surface area contributed by atoms with E-state index in [1.807, 2.05) is 44.2 Å². The number of carbonyl (C=O) groups excluding carboxylic acids is 5. The molecule has 0 saturated heterocycles. The highest BCUT2D eigenvalue weighted by Gasteiger charge is 2.39. The van der Waals surface area contributed by atoms with Crippen LogP contribution >= 0.6 is 0 Å². The van der Waals surface area contributed by atoms with Crippen molar-refractivity contribution < 1.29 is 44.0 Å². The zero-order chi connectivity index (χ0) is 39.9. The summed E-state index contributed by atoms with van der Waals surface area (Å²) < 4.78 is 5.60. The van der Waals surface area contributed by atoms with Crippen molar-refractivity contribution in [2.45, 2.75) is 89.3 Å². The first-order valence-corrected chi connectivity index (χ1v) is 17.6. The van der Waals surface area contributed by atoms with Crippen LogP contribution in [0.2, 0.25) is 0 Å². The van der Waals surface area contributed by atoms with Gasteiger partial charge in [-0.25, -0.2) is 4.79 Å². The number of guanidine groups is 1. The maximum Gasteiger partial charge on any atom is 0.342 e. The smallest absolute Gasteiger partial charge is 0.342 e. The molecular weight excluding hydrogens is 698 g/mol. The van der Waals surface area contributed by atoms with E-state index < -0.39 is 72.5 Å². The van der Waals surface area contributed by atoms with Crippen molar-refractivity contribution >= 4 is 41.6 Å². The highest BCUT2D eigenvalue weighted by molar-refractivity contribution is 5.98. The van der Waals surface area contributed by atoms with Crippen LogP contribution in [0.4, 0.5) is 0 Å². The Hall–Kier alpha value is -5.74. The molecule has 6 atom stereocenters. The van der Waals surface area contributed by atoms with Crippen molar-refractivity contribution in [1.82, 2.24) is 16.0 Å². The summed E-state index contributed by atoms with van der Waals surface area (Å²) in [6, 6.07) is 10.4. The predicted octanol–water partition coefficient (Wildman–Crippen LogP) is 0.285. The number of aliphatic hydroxyl groups excluding tert-OH is 2. The summed E-state index contributed by atoms with van der Waals surface area (Å²) in [4.78, 5) is 68.7. The van der Waals surface area contributed by atoms with E-state index in [2.05, 4.69) is 20.9 Å². The van der Waals surface area contributed by atoms with Crippen LogP contribution in [-0.2, 0) is 30.3 Å². The van der Waals surface area contributed by atoms with Crippen molar-refractivity contribution in [3.8, 4) is 5.75 Å². The first-order chi connectivity index (χ1) is 25.6. The molecule has 0 radical (unpaired) electrons. The Morgan fingerprint density at radius 3 is 2.33 bits per heavy atom. The normalized spacial score (nSPS) is 17.0. The number of fused-ring (bicyclic) bond motifs is 1. The van der Waals surface area contributed by atoms with Crippen LogP contribution < -0.4 is 33.2 Å². The van der Waals surface area contributed by atoms with E-state index in [-0.39, 0.29) is 54.6 Å². The van der Waals surface area contributed by atoms with Gasteiger partial charge in [-0.2, -0.15) is 0 Å². The molecule has 1 heterocycles. The minimum Gasteiger partial charge on any atom is -0.507 e. The van der Waals surface area contributed by atoms with Crippen LogP contribution in [0.3, 0.4) is 0 Å². The third-order valence-corrected chi connectivity index (χ3v) is 8.63. The monoisotopic (exact) mass is 749 g/mol. The fourth-order valence-corrected chi connectivity index (χ4v) is 5.88. The Bertz CT molecular complexity index is 1720. The Balaban J connectivity index is 1.78. The number of cyclic esters (lactones) is 1. The summed E-state index contributed by atoms with van der Waals surface area (Å²) >= 11 is 0. The molecule has 1 aliphatic rings. The summed E-state index contributed by atoms with van der Waals surface area (Å²) in [5, 5.41) is 40.3. The number of amides is 4. The molecule has 1 aliphatic heterocycles. The van der Waals surface area contributed by atoms with Crippen molar-refractivity contribution in [1.29, 1.82) is 0 Å². The van der Waals surface area contributed by atoms with Crippen LogP contribution in [0.25, 0.3) is 6.08 Å². The maximum absolute atomic E-state index is 13.6. The summed E-state index contributed by atoms with van der Waals surface area (Å²) in [5.41, 5.74) is 17.9. The number of primary amides is 1. The molecule has 0 aliphatic carbocycles. The fourth-order valence-electron chi connectivity index (χ4n) is 5.88. The standard InChI is InChI=1S/C38H51N7O9/c1-21(2)18-26(29-19-24-14-8-16-28(46)31(24)37(53)54-29)44-36(52)33(49)32(48)25(15-9-17-42-38(40)41)43-35(51)27(20-30(39)47)45-34(50)22(3)10-7-13-23-11-5-4-6-12-23/h4-8,10-14,16,21,25-27,29,32-33,46,48-49H,9,15,17-20H2,1-3H3,(H2,39,47)(H,43,51)(H,44,52)(H,45,50)(H4,40,41,42)/b13-7+,22-10+/t25-,26-,27+,29-,32-,33-/m0/s1. The second-order valence-corrected chi connectivity index (χ2v) is 13.5. The number of allylic oxidation sites excluding steroid dienone is 2. The average Bonchev–Trinajstić information content (AvgIpc) is 3.11. The number of ether oxygens (including phenoxy) is 1. The summed E-state index contributed by atoms with van der Waals surface area (Å²) in [6.45, 7) is 5.36. The summed E-state index contributed by atoms with van der Waals surface area (Å²) in [7, 11) is 0. The molecule has 16 nitrogen and oxygen atoms in total. The zero-order valence-electron chi connectivity index (χ0n) is 30.6. The van der Waals surface area contributed by atoms with Crippen LogP contribution in [0, 0.1) is 5.92 Å². The molecule has 2 aromatic carbocycles. The largest absolute Gasteiger partial charge is 0.507 e. The lowest BCUT2D eigenvalue weighted by molar-refractivity contribution is -0.140. The number of hydrogen-bond acceptors (Lipinski definition) is 10. The molecule has 16 heteroatoms. The van der Waals surface area contributed by atoms with Crippen LogP contribution in [-0.4, -0.2) is 93.9 Å². The van der Waals surface area contributed by atoms with E-state index in [1.165, 1.54) is 19.1 Å². The SMILES string of the molecule is C/C(=C\C=C\c1ccccc1)C(=O)N[C@H](CC(N)=O)C(=O)N[C@@H](CCCN=C(N)N)[C@H](O)[C@H](O)C(=O)N[C@@H](CC(C)C)[C@@H]1Cc2cccc(O)c2C(=O)O1. The molecule has 0 unspecified atom stereocenters. The van der Waals surface area contributed by atoms with Gasteiger partial charge in [0.1, 0.15) is 29.6 Å². The van der Waals surface area contributed by atoms with E-state index in [4.69, 9.17) is 21.9 Å². The van der Waals surface area contributed by atoms with Crippen molar-refractivity contribution in [2.75, 3.05) is 6.54 Å². The lowest BCUT2D eigenvalue weighted by atomic mass is 9.90. The quantitative estimate of drug-likeness (QED) is 0.0235. The molecule has 54 heavy (non-hydrogen) atoms. The maximum atomic E-state index is 13.6. The lowest BCUT2D eigenvalue weighted by Gasteiger charge is -2.34. The van der Waals surface area contributed by atoms with Gasteiger partial charge in [0, 0.05) is 18.5 Å². The average molecular weight is 750 g/mol. The second-order valence-electron chi connectivity index (χ2n) is 13.5.